The number of aliphatic hydroxyl groups is 1. The van der Waals surface area contributed by atoms with Crippen molar-refractivity contribution in [3.63, 3.8) is 0 Å². The van der Waals surface area contributed by atoms with E-state index < -0.39 is 6.10 Å². The van der Waals surface area contributed by atoms with Gasteiger partial charge in [-0.3, -0.25) is 4.79 Å². The summed E-state index contributed by atoms with van der Waals surface area (Å²) >= 11 is 0. The molecule has 0 radical (unpaired) electrons. The fraction of sp³-hybridized carbons (Fsp3) is 0.567. The van der Waals surface area contributed by atoms with E-state index in [1.807, 2.05) is 36.4 Å². The number of aliphatic hydroxyl groups excluding tert-OH is 1. The van der Waals surface area contributed by atoms with E-state index in [1.54, 1.807) is 19.2 Å². The summed E-state index contributed by atoms with van der Waals surface area (Å²) in [6.45, 7) is 0.571. The third-order valence-corrected chi connectivity index (χ3v) is 8.60. The Kier molecular flexibility index (Phi) is 7.33. The van der Waals surface area contributed by atoms with E-state index in [0.717, 1.165) is 41.9 Å². The predicted molar refractivity (Wildman–Crippen MR) is 137 cm³/mol. The van der Waals surface area contributed by atoms with E-state index in [2.05, 4.69) is 5.32 Å². The van der Waals surface area contributed by atoms with Crippen LogP contribution in [0.25, 0.3) is 0 Å². The monoisotopic (exact) mass is 477 g/mol. The maximum absolute atomic E-state index is 12.9. The minimum Gasteiger partial charge on any atom is -0.496 e. The summed E-state index contributed by atoms with van der Waals surface area (Å²) in [6.07, 6.45) is 11.2. The van der Waals surface area contributed by atoms with Gasteiger partial charge in [0.25, 0.3) is 5.91 Å². The van der Waals surface area contributed by atoms with Crippen molar-refractivity contribution in [1.29, 1.82) is 0 Å². The van der Waals surface area contributed by atoms with E-state index in [0.29, 0.717) is 23.3 Å². The van der Waals surface area contributed by atoms with Crippen LogP contribution in [-0.4, -0.2) is 30.8 Å². The molecule has 1 amide bonds. The SMILES string of the molecule is COc1ccccc1CNC(=O)c1ccccc1OCC(O)CCCC12CC3CC(CC(C3)C1)C2. The second-order valence-corrected chi connectivity index (χ2v) is 11.3. The molecule has 0 heterocycles. The van der Waals surface area contributed by atoms with Crippen LogP contribution in [0.1, 0.15) is 73.7 Å². The van der Waals surface area contributed by atoms with Gasteiger partial charge in [0.1, 0.15) is 18.1 Å². The number of ether oxygens (including phenoxy) is 2. The fourth-order valence-electron chi connectivity index (χ4n) is 7.48. The molecular formula is C30H39NO4. The molecule has 4 bridgehead atoms. The first-order valence-electron chi connectivity index (χ1n) is 13.3. The molecule has 4 saturated carbocycles. The second-order valence-electron chi connectivity index (χ2n) is 11.3. The number of para-hydroxylation sites is 2. The Bertz CT molecular complexity index is 984. The average molecular weight is 478 g/mol. The molecule has 2 N–H and O–H groups in total. The lowest BCUT2D eigenvalue weighted by Crippen LogP contribution is -2.46. The molecule has 6 rings (SSSR count). The van der Waals surface area contributed by atoms with Crippen LogP contribution in [-0.2, 0) is 6.54 Å². The van der Waals surface area contributed by atoms with Crippen molar-refractivity contribution in [2.75, 3.05) is 13.7 Å². The van der Waals surface area contributed by atoms with Gasteiger partial charge < -0.3 is 19.9 Å². The third kappa shape index (κ3) is 5.66. The fourth-order valence-corrected chi connectivity index (χ4v) is 7.48. The Labute approximate surface area is 209 Å². The summed E-state index contributed by atoms with van der Waals surface area (Å²) in [7, 11) is 1.62. The number of amides is 1. The maximum atomic E-state index is 12.9. The van der Waals surface area contributed by atoms with Crippen molar-refractivity contribution in [3.8, 4) is 11.5 Å². The minimum absolute atomic E-state index is 0.206. The molecular weight excluding hydrogens is 438 g/mol. The van der Waals surface area contributed by atoms with Crippen LogP contribution in [0, 0.1) is 23.2 Å². The number of hydrogen-bond donors (Lipinski definition) is 2. The topological polar surface area (TPSA) is 67.8 Å². The lowest BCUT2D eigenvalue weighted by molar-refractivity contribution is -0.0597. The molecule has 2 aromatic carbocycles. The highest BCUT2D eigenvalue weighted by molar-refractivity contribution is 5.96. The van der Waals surface area contributed by atoms with Crippen molar-refractivity contribution in [1.82, 2.24) is 5.32 Å². The minimum atomic E-state index is -0.520. The molecule has 188 valence electrons. The first kappa shape index (κ1) is 24.2. The molecule has 5 heteroatoms. The Morgan fingerprint density at radius 2 is 1.63 bits per heavy atom. The van der Waals surface area contributed by atoms with Gasteiger partial charge in [-0.2, -0.15) is 0 Å². The van der Waals surface area contributed by atoms with E-state index >= 15 is 0 Å². The van der Waals surface area contributed by atoms with Crippen LogP contribution >= 0.6 is 0 Å². The number of carbonyl (C=O) groups is 1. The number of carbonyl (C=O) groups excluding carboxylic acids is 1. The summed E-state index contributed by atoms with van der Waals surface area (Å²) in [5.41, 5.74) is 1.95. The molecule has 4 aliphatic rings. The molecule has 2 aromatic rings. The lowest BCUT2D eigenvalue weighted by Gasteiger charge is -2.57. The zero-order chi connectivity index (χ0) is 24.3. The smallest absolute Gasteiger partial charge is 0.255 e. The molecule has 1 atom stereocenters. The molecule has 0 aliphatic heterocycles. The summed E-state index contributed by atoms with van der Waals surface area (Å²) in [4.78, 5) is 12.9. The van der Waals surface area contributed by atoms with Gasteiger partial charge in [0.15, 0.2) is 0 Å². The van der Waals surface area contributed by atoms with Crippen molar-refractivity contribution in [3.05, 3.63) is 59.7 Å². The summed E-state index contributed by atoms with van der Waals surface area (Å²) in [6, 6.07) is 14.9. The highest BCUT2D eigenvalue weighted by Crippen LogP contribution is 2.61. The number of nitrogens with one attached hydrogen (secondary N) is 1. The number of benzene rings is 2. The van der Waals surface area contributed by atoms with Gasteiger partial charge in [-0.15, -0.1) is 0 Å². The Balaban J connectivity index is 1.10. The Hall–Kier alpha value is -2.53. The van der Waals surface area contributed by atoms with Crippen LogP contribution in [0.15, 0.2) is 48.5 Å². The van der Waals surface area contributed by atoms with Crippen molar-refractivity contribution >= 4 is 5.91 Å². The maximum Gasteiger partial charge on any atom is 0.255 e. The van der Waals surface area contributed by atoms with Gasteiger partial charge in [0.2, 0.25) is 0 Å². The molecule has 4 aliphatic carbocycles. The Morgan fingerprint density at radius 1 is 1.00 bits per heavy atom. The summed E-state index contributed by atoms with van der Waals surface area (Å²) < 4.78 is 11.3. The first-order valence-corrected chi connectivity index (χ1v) is 13.3. The van der Waals surface area contributed by atoms with Gasteiger partial charge in [0, 0.05) is 12.1 Å². The highest BCUT2D eigenvalue weighted by atomic mass is 16.5. The van der Waals surface area contributed by atoms with E-state index in [9.17, 15) is 9.90 Å². The molecule has 1 unspecified atom stereocenters. The number of rotatable bonds is 11. The van der Waals surface area contributed by atoms with Crippen molar-refractivity contribution in [2.45, 2.75) is 70.4 Å². The third-order valence-electron chi connectivity index (χ3n) is 8.60. The largest absolute Gasteiger partial charge is 0.496 e. The number of methoxy groups -OCH3 is 1. The quantitative estimate of drug-likeness (QED) is 0.432. The van der Waals surface area contributed by atoms with Crippen LogP contribution in [0.5, 0.6) is 11.5 Å². The first-order chi connectivity index (χ1) is 17.0. The van der Waals surface area contributed by atoms with Crippen LogP contribution in [0.4, 0.5) is 0 Å². The predicted octanol–water partition coefficient (Wildman–Crippen LogP) is 5.75. The zero-order valence-electron chi connectivity index (χ0n) is 20.9. The second kappa shape index (κ2) is 10.6. The molecule has 0 aromatic heterocycles. The molecule has 5 nitrogen and oxygen atoms in total. The highest BCUT2D eigenvalue weighted by Gasteiger charge is 2.50. The van der Waals surface area contributed by atoms with Crippen molar-refractivity contribution < 1.29 is 19.4 Å². The standard InChI is InChI=1S/C30H39NO4/c1-34-27-10-4-2-7-24(27)19-31-29(33)26-9-3-5-11-28(26)35-20-25(32)8-6-12-30-16-21-13-22(17-30)15-23(14-21)18-30/h2-5,7,9-11,21-23,25,32H,6,8,12-20H2,1H3,(H,31,33). The average Bonchev–Trinajstić information content (AvgIpc) is 2.85. The Morgan fingerprint density at radius 3 is 2.31 bits per heavy atom. The molecule has 0 spiro atoms. The van der Waals surface area contributed by atoms with Gasteiger partial charge in [0.05, 0.1) is 18.8 Å². The summed E-state index contributed by atoms with van der Waals surface area (Å²) in [5, 5.41) is 13.6. The number of hydrogen-bond acceptors (Lipinski definition) is 4. The van der Waals surface area contributed by atoms with Gasteiger partial charge >= 0.3 is 0 Å². The lowest BCUT2D eigenvalue weighted by atomic mass is 9.48. The van der Waals surface area contributed by atoms with Gasteiger partial charge in [-0.25, -0.2) is 0 Å². The van der Waals surface area contributed by atoms with Crippen LogP contribution < -0.4 is 14.8 Å². The van der Waals surface area contributed by atoms with Gasteiger partial charge in [-0.05, 0) is 92.7 Å². The molecule has 4 fully saturated rings. The van der Waals surface area contributed by atoms with Crippen LogP contribution in [0.2, 0.25) is 0 Å². The van der Waals surface area contributed by atoms with E-state index in [-0.39, 0.29) is 12.5 Å². The van der Waals surface area contributed by atoms with Crippen LogP contribution in [0.3, 0.4) is 0 Å². The van der Waals surface area contributed by atoms with E-state index in [4.69, 9.17) is 9.47 Å². The van der Waals surface area contributed by atoms with Crippen molar-refractivity contribution in [2.24, 2.45) is 23.2 Å². The zero-order valence-corrected chi connectivity index (χ0v) is 20.9. The normalized spacial score (nSPS) is 27.4. The summed E-state index contributed by atoms with van der Waals surface area (Å²) in [5.74, 6) is 3.96. The molecule has 0 saturated heterocycles. The van der Waals surface area contributed by atoms with Gasteiger partial charge in [-0.1, -0.05) is 36.8 Å². The van der Waals surface area contributed by atoms with E-state index in [1.165, 1.54) is 44.9 Å². The molecule has 35 heavy (non-hydrogen) atoms.